The molecule has 1 aliphatic heterocycles. The van der Waals surface area contributed by atoms with Crippen molar-refractivity contribution in [3.63, 3.8) is 0 Å². The Morgan fingerprint density at radius 1 is 1.15 bits per heavy atom. The smallest absolute Gasteiger partial charge is 0.267 e. The number of nitrogens with one attached hydrogen (secondary N) is 1. The summed E-state index contributed by atoms with van der Waals surface area (Å²) in [6, 6.07) is 11.9. The minimum atomic E-state index is -4.01. The van der Waals surface area contributed by atoms with Gasteiger partial charge >= 0.3 is 0 Å². The molecule has 0 aromatic heterocycles. The highest BCUT2D eigenvalue weighted by atomic mass is 32.2. The van der Waals surface area contributed by atoms with Crippen LogP contribution in [-0.4, -0.2) is 31.2 Å². The molecule has 7 nitrogen and oxygen atoms in total. The molecule has 0 aliphatic carbocycles. The third kappa shape index (κ3) is 3.77. The zero-order chi connectivity index (χ0) is 19.8. The Morgan fingerprint density at radius 2 is 1.78 bits per heavy atom. The molecule has 0 fully saturated rings. The van der Waals surface area contributed by atoms with E-state index in [2.05, 4.69) is 0 Å². The van der Waals surface area contributed by atoms with Crippen LogP contribution in [0.15, 0.2) is 53.4 Å². The third-order valence-electron chi connectivity index (χ3n) is 4.14. The van der Waals surface area contributed by atoms with Crippen molar-refractivity contribution in [2.75, 3.05) is 4.31 Å². The summed E-state index contributed by atoms with van der Waals surface area (Å²) in [5.74, 6) is -0.226. The predicted octanol–water partition coefficient (Wildman–Crippen LogP) is 2.49. The third-order valence-corrected chi connectivity index (χ3v) is 5.98. The Morgan fingerprint density at radius 3 is 2.37 bits per heavy atom. The summed E-state index contributed by atoms with van der Waals surface area (Å²) in [5, 5.41) is 9.04. The molecule has 2 N–H and O–H groups in total. The first-order chi connectivity index (χ1) is 12.6. The van der Waals surface area contributed by atoms with Crippen LogP contribution in [0.3, 0.4) is 0 Å². The van der Waals surface area contributed by atoms with E-state index in [1.807, 2.05) is 20.8 Å². The van der Waals surface area contributed by atoms with Crippen molar-refractivity contribution in [2.45, 2.75) is 43.7 Å². The van der Waals surface area contributed by atoms with Crippen LogP contribution in [0.2, 0.25) is 0 Å². The highest BCUT2D eigenvalue weighted by Gasteiger charge is 2.42. The lowest BCUT2D eigenvalue weighted by atomic mass is 10.1. The first-order valence-electron chi connectivity index (χ1n) is 8.49. The standard InChI is InChI=1S/C19H22N2O5S/c1-19(2,3)26-14-8-10-15(11-9-14)27(24,25)21-16-7-5-4-6-13(16)12-17(21)18(22)20-23/h4-11,17,23H,12H2,1-3H3,(H,20,22). The lowest BCUT2D eigenvalue weighted by Gasteiger charge is -2.26. The molecule has 1 amide bonds. The number of para-hydroxylation sites is 1. The number of carbonyl (C=O) groups excluding carboxylic acids is 1. The fourth-order valence-corrected chi connectivity index (χ4v) is 4.72. The maximum absolute atomic E-state index is 13.2. The Kier molecular flexibility index (Phi) is 4.88. The quantitative estimate of drug-likeness (QED) is 0.618. The van der Waals surface area contributed by atoms with E-state index in [-0.39, 0.29) is 11.3 Å². The van der Waals surface area contributed by atoms with Gasteiger partial charge in [0.15, 0.2) is 0 Å². The van der Waals surface area contributed by atoms with Crippen LogP contribution in [0.4, 0.5) is 5.69 Å². The number of ether oxygens (including phenoxy) is 1. The van der Waals surface area contributed by atoms with Crippen LogP contribution in [0.1, 0.15) is 26.3 Å². The molecule has 0 spiro atoms. The summed E-state index contributed by atoms with van der Waals surface area (Å²) in [7, 11) is -4.01. The van der Waals surface area contributed by atoms with Gasteiger partial charge < -0.3 is 4.74 Å². The summed E-state index contributed by atoms with van der Waals surface area (Å²) in [5.41, 5.74) is 2.32. The average molecular weight is 390 g/mol. The lowest BCUT2D eigenvalue weighted by molar-refractivity contribution is -0.130. The van der Waals surface area contributed by atoms with Gasteiger partial charge in [-0.25, -0.2) is 13.9 Å². The van der Waals surface area contributed by atoms with Gasteiger partial charge in [-0.1, -0.05) is 18.2 Å². The first kappa shape index (κ1) is 19.2. The summed E-state index contributed by atoms with van der Waals surface area (Å²) in [6.07, 6.45) is 0.188. The average Bonchev–Trinajstić information content (AvgIpc) is 3.00. The number of amides is 1. The van der Waals surface area contributed by atoms with Crippen LogP contribution < -0.4 is 14.5 Å². The number of sulfonamides is 1. The number of rotatable bonds is 4. The summed E-state index contributed by atoms with van der Waals surface area (Å²) in [4.78, 5) is 12.1. The highest BCUT2D eigenvalue weighted by molar-refractivity contribution is 7.93. The van der Waals surface area contributed by atoms with Crippen LogP contribution in [0.5, 0.6) is 5.75 Å². The molecule has 3 rings (SSSR count). The molecule has 0 saturated heterocycles. The van der Waals surface area contributed by atoms with Gasteiger partial charge in [-0.15, -0.1) is 0 Å². The van der Waals surface area contributed by atoms with Crippen molar-refractivity contribution in [3.05, 3.63) is 54.1 Å². The number of benzene rings is 2. The first-order valence-corrected chi connectivity index (χ1v) is 9.93. The van der Waals surface area contributed by atoms with Crippen molar-refractivity contribution in [3.8, 4) is 5.75 Å². The van der Waals surface area contributed by atoms with Gasteiger partial charge in [0.05, 0.1) is 10.6 Å². The van der Waals surface area contributed by atoms with Gasteiger partial charge in [0.25, 0.3) is 15.9 Å². The predicted molar refractivity (Wildman–Crippen MR) is 100 cm³/mol. The van der Waals surface area contributed by atoms with Crippen molar-refractivity contribution in [2.24, 2.45) is 0 Å². The molecule has 0 saturated carbocycles. The number of carbonyl (C=O) groups is 1. The topological polar surface area (TPSA) is 95.9 Å². The Bertz CT molecular complexity index is 949. The number of hydrogen-bond acceptors (Lipinski definition) is 5. The number of hydrogen-bond donors (Lipinski definition) is 2. The van der Waals surface area contributed by atoms with E-state index in [0.29, 0.717) is 11.4 Å². The monoisotopic (exact) mass is 390 g/mol. The van der Waals surface area contributed by atoms with Crippen LogP contribution in [0.25, 0.3) is 0 Å². The maximum Gasteiger partial charge on any atom is 0.267 e. The summed E-state index contributed by atoms with van der Waals surface area (Å²) < 4.78 is 33.3. The Labute approximate surface area is 158 Å². The maximum atomic E-state index is 13.2. The molecular formula is C19H22N2O5S. The van der Waals surface area contributed by atoms with Crippen LogP contribution in [-0.2, 0) is 21.2 Å². The zero-order valence-corrected chi connectivity index (χ0v) is 16.2. The molecule has 2 aromatic carbocycles. The number of anilines is 1. The van der Waals surface area contributed by atoms with Crippen LogP contribution >= 0.6 is 0 Å². The van der Waals surface area contributed by atoms with Gasteiger partial charge in [0.1, 0.15) is 17.4 Å². The Balaban J connectivity index is 2.00. The van der Waals surface area contributed by atoms with E-state index in [1.165, 1.54) is 12.1 Å². The molecule has 1 aliphatic rings. The fourth-order valence-electron chi connectivity index (χ4n) is 3.08. The Hall–Kier alpha value is -2.58. The fraction of sp³-hybridized carbons (Fsp3) is 0.316. The van der Waals surface area contributed by atoms with Gasteiger partial charge in [0.2, 0.25) is 0 Å². The number of nitrogens with zero attached hydrogens (tertiary/aromatic N) is 1. The molecule has 1 heterocycles. The van der Waals surface area contributed by atoms with E-state index in [1.54, 1.807) is 41.9 Å². The lowest BCUT2D eigenvalue weighted by Crippen LogP contribution is -2.47. The van der Waals surface area contributed by atoms with Gasteiger partial charge in [-0.3, -0.25) is 14.3 Å². The van der Waals surface area contributed by atoms with Crippen molar-refractivity contribution in [1.82, 2.24) is 5.48 Å². The minimum Gasteiger partial charge on any atom is -0.488 e. The second kappa shape index (κ2) is 6.86. The number of hydroxylamine groups is 1. The molecule has 27 heavy (non-hydrogen) atoms. The van der Waals surface area contributed by atoms with Crippen LogP contribution in [0, 0.1) is 0 Å². The molecule has 1 unspecified atom stereocenters. The van der Waals surface area contributed by atoms with E-state index in [0.717, 1.165) is 9.87 Å². The van der Waals surface area contributed by atoms with Crippen molar-refractivity contribution >= 4 is 21.6 Å². The molecule has 144 valence electrons. The number of fused-ring (bicyclic) bond motifs is 1. The molecule has 1 atom stereocenters. The molecular weight excluding hydrogens is 368 g/mol. The van der Waals surface area contributed by atoms with Gasteiger partial charge in [0, 0.05) is 6.42 Å². The van der Waals surface area contributed by atoms with E-state index in [9.17, 15) is 13.2 Å². The molecule has 0 radical (unpaired) electrons. The molecule has 8 heteroatoms. The van der Waals surface area contributed by atoms with E-state index < -0.39 is 27.6 Å². The second-order valence-electron chi connectivity index (χ2n) is 7.31. The minimum absolute atomic E-state index is 0.0382. The zero-order valence-electron chi connectivity index (χ0n) is 15.3. The van der Waals surface area contributed by atoms with Crippen molar-refractivity contribution < 1.29 is 23.2 Å². The molecule has 2 aromatic rings. The van der Waals surface area contributed by atoms with E-state index >= 15 is 0 Å². The van der Waals surface area contributed by atoms with Crippen molar-refractivity contribution in [1.29, 1.82) is 0 Å². The summed E-state index contributed by atoms with van der Waals surface area (Å²) in [6.45, 7) is 5.70. The second-order valence-corrected chi connectivity index (χ2v) is 9.13. The normalized spacial score (nSPS) is 16.7. The van der Waals surface area contributed by atoms with Gasteiger partial charge in [-0.05, 0) is 56.7 Å². The highest BCUT2D eigenvalue weighted by Crippen LogP contribution is 2.37. The molecule has 0 bridgehead atoms. The largest absolute Gasteiger partial charge is 0.488 e. The van der Waals surface area contributed by atoms with Gasteiger partial charge in [-0.2, -0.15) is 0 Å². The van der Waals surface area contributed by atoms with E-state index in [4.69, 9.17) is 9.94 Å². The summed E-state index contributed by atoms with van der Waals surface area (Å²) >= 11 is 0. The SMILES string of the molecule is CC(C)(C)Oc1ccc(S(=O)(=O)N2c3ccccc3CC2C(=O)NO)cc1.